The zero-order chi connectivity index (χ0) is 19.6. The summed E-state index contributed by atoms with van der Waals surface area (Å²) in [5.74, 6) is 1.96. The average Bonchev–Trinajstić information content (AvgIpc) is 2.77. The third-order valence-corrected chi connectivity index (χ3v) is 5.33. The molecule has 7 heteroatoms. The molecule has 2 fully saturated rings. The minimum atomic E-state index is 0.865. The first-order chi connectivity index (χ1) is 13.8. The van der Waals surface area contributed by atoms with E-state index >= 15 is 0 Å². The van der Waals surface area contributed by atoms with E-state index in [0.29, 0.717) is 0 Å². The molecule has 0 saturated carbocycles. The molecule has 0 bridgehead atoms. The molecule has 28 heavy (non-hydrogen) atoms. The molecule has 0 amide bonds. The van der Waals surface area contributed by atoms with Gasteiger partial charge in [-0.15, -0.1) is 0 Å². The van der Waals surface area contributed by atoms with Gasteiger partial charge in [-0.05, 0) is 25.5 Å². The van der Waals surface area contributed by atoms with Crippen molar-refractivity contribution >= 4 is 11.6 Å². The number of nitrogens with one attached hydrogen (secondary N) is 1. The summed E-state index contributed by atoms with van der Waals surface area (Å²) in [7, 11) is 1.72. The molecule has 2 saturated heterocycles. The van der Waals surface area contributed by atoms with E-state index in [0.717, 1.165) is 90.2 Å². The van der Waals surface area contributed by atoms with Crippen LogP contribution < -0.4 is 15.0 Å². The average molecular weight is 390 g/mol. The number of aliphatic imine (C=N–C) groups is 1. The van der Waals surface area contributed by atoms with Crippen molar-refractivity contribution in [2.45, 2.75) is 13.3 Å². The van der Waals surface area contributed by atoms with E-state index in [1.807, 2.05) is 6.07 Å². The number of hydrogen-bond donors (Lipinski definition) is 1. The molecule has 2 heterocycles. The highest BCUT2D eigenvalue weighted by Gasteiger charge is 2.20. The second-order valence-corrected chi connectivity index (χ2v) is 7.22. The van der Waals surface area contributed by atoms with Crippen molar-refractivity contribution in [1.82, 2.24) is 15.1 Å². The molecule has 0 aliphatic carbocycles. The second kappa shape index (κ2) is 11.1. The van der Waals surface area contributed by atoms with E-state index in [1.165, 1.54) is 5.69 Å². The number of piperazine rings is 1. The molecular formula is C21H35N5O2. The zero-order valence-corrected chi connectivity index (χ0v) is 17.4. The highest BCUT2D eigenvalue weighted by molar-refractivity contribution is 5.80. The van der Waals surface area contributed by atoms with Gasteiger partial charge in [0.1, 0.15) is 5.75 Å². The van der Waals surface area contributed by atoms with Gasteiger partial charge < -0.3 is 24.6 Å². The number of rotatable bonds is 7. The van der Waals surface area contributed by atoms with Crippen molar-refractivity contribution < 1.29 is 9.47 Å². The highest BCUT2D eigenvalue weighted by Crippen LogP contribution is 2.22. The Morgan fingerprint density at radius 1 is 1.14 bits per heavy atom. The van der Waals surface area contributed by atoms with Gasteiger partial charge >= 0.3 is 0 Å². The predicted molar refractivity (Wildman–Crippen MR) is 115 cm³/mol. The number of ether oxygens (including phenoxy) is 2. The van der Waals surface area contributed by atoms with Crippen LogP contribution in [0.25, 0.3) is 0 Å². The molecule has 2 aliphatic rings. The fraction of sp³-hybridized carbons (Fsp3) is 0.667. The molecule has 0 spiro atoms. The molecule has 7 nitrogen and oxygen atoms in total. The molecule has 1 aromatic rings. The molecule has 0 unspecified atom stereocenters. The molecule has 3 rings (SSSR count). The maximum absolute atomic E-state index is 5.41. The van der Waals surface area contributed by atoms with Crippen molar-refractivity contribution in [2.75, 3.05) is 84.1 Å². The Kier molecular flexibility index (Phi) is 8.23. The van der Waals surface area contributed by atoms with Crippen molar-refractivity contribution in [3.05, 3.63) is 24.3 Å². The number of hydrogen-bond acceptors (Lipinski definition) is 5. The van der Waals surface area contributed by atoms with E-state index < -0.39 is 0 Å². The summed E-state index contributed by atoms with van der Waals surface area (Å²) in [6.07, 6.45) is 1.10. The summed E-state index contributed by atoms with van der Waals surface area (Å²) in [4.78, 5) is 12.2. The summed E-state index contributed by atoms with van der Waals surface area (Å²) >= 11 is 0. The van der Waals surface area contributed by atoms with Gasteiger partial charge in [0.2, 0.25) is 0 Å². The quantitative estimate of drug-likeness (QED) is 0.433. The first-order valence-corrected chi connectivity index (χ1v) is 10.5. The summed E-state index contributed by atoms with van der Waals surface area (Å²) in [6.45, 7) is 12.8. The van der Waals surface area contributed by atoms with Crippen LogP contribution in [0.5, 0.6) is 5.75 Å². The monoisotopic (exact) mass is 389 g/mol. The van der Waals surface area contributed by atoms with Crippen LogP contribution >= 0.6 is 0 Å². The predicted octanol–water partition coefficient (Wildman–Crippen LogP) is 1.51. The zero-order valence-electron chi connectivity index (χ0n) is 17.4. The molecule has 2 aliphatic heterocycles. The van der Waals surface area contributed by atoms with Crippen LogP contribution in [-0.4, -0.2) is 95.0 Å². The number of anilines is 1. The van der Waals surface area contributed by atoms with Gasteiger partial charge in [0, 0.05) is 70.7 Å². The summed E-state index contributed by atoms with van der Waals surface area (Å²) < 4.78 is 10.8. The Morgan fingerprint density at radius 3 is 2.64 bits per heavy atom. The van der Waals surface area contributed by atoms with Crippen LogP contribution in [0.1, 0.15) is 13.3 Å². The van der Waals surface area contributed by atoms with Crippen LogP contribution in [0.3, 0.4) is 0 Å². The van der Waals surface area contributed by atoms with Crippen LogP contribution in [0.15, 0.2) is 29.3 Å². The maximum Gasteiger partial charge on any atom is 0.194 e. The minimum Gasteiger partial charge on any atom is -0.497 e. The first-order valence-electron chi connectivity index (χ1n) is 10.5. The van der Waals surface area contributed by atoms with Gasteiger partial charge in [-0.2, -0.15) is 0 Å². The third-order valence-electron chi connectivity index (χ3n) is 5.33. The lowest BCUT2D eigenvalue weighted by Crippen LogP contribution is -2.52. The molecule has 0 aromatic heterocycles. The normalized spacial score (nSPS) is 19.0. The van der Waals surface area contributed by atoms with Crippen molar-refractivity contribution in [1.29, 1.82) is 0 Å². The van der Waals surface area contributed by atoms with Crippen molar-refractivity contribution in [2.24, 2.45) is 4.99 Å². The highest BCUT2D eigenvalue weighted by atomic mass is 16.5. The smallest absolute Gasteiger partial charge is 0.194 e. The van der Waals surface area contributed by atoms with Gasteiger partial charge in [-0.1, -0.05) is 6.07 Å². The SMILES string of the molecule is CCNC(=NCCCN1CCOCC1)N1CCN(c2cccc(OC)c2)CC1. The van der Waals surface area contributed by atoms with Gasteiger partial charge in [-0.3, -0.25) is 9.89 Å². The Morgan fingerprint density at radius 2 is 1.93 bits per heavy atom. The van der Waals surface area contributed by atoms with Crippen LogP contribution in [0.4, 0.5) is 5.69 Å². The minimum absolute atomic E-state index is 0.865. The topological polar surface area (TPSA) is 52.6 Å². The largest absolute Gasteiger partial charge is 0.497 e. The van der Waals surface area contributed by atoms with E-state index in [2.05, 4.69) is 45.1 Å². The lowest BCUT2D eigenvalue weighted by Gasteiger charge is -2.37. The Balaban J connectivity index is 1.47. The number of morpholine rings is 1. The summed E-state index contributed by atoms with van der Waals surface area (Å²) in [5, 5.41) is 3.47. The molecule has 1 N–H and O–H groups in total. The fourth-order valence-corrected chi connectivity index (χ4v) is 3.71. The molecule has 0 radical (unpaired) electrons. The Bertz CT molecular complexity index is 611. The van der Waals surface area contributed by atoms with E-state index in [1.54, 1.807) is 7.11 Å². The number of methoxy groups -OCH3 is 1. The van der Waals surface area contributed by atoms with Gasteiger partial charge in [0.15, 0.2) is 5.96 Å². The van der Waals surface area contributed by atoms with Gasteiger partial charge in [-0.25, -0.2) is 0 Å². The van der Waals surface area contributed by atoms with Crippen LogP contribution in [0, 0.1) is 0 Å². The lowest BCUT2D eigenvalue weighted by atomic mass is 10.2. The van der Waals surface area contributed by atoms with Crippen molar-refractivity contribution in [3.63, 3.8) is 0 Å². The van der Waals surface area contributed by atoms with E-state index in [-0.39, 0.29) is 0 Å². The van der Waals surface area contributed by atoms with Crippen LogP contribution in [-0.2, 0) is 4.74 Å². The van der Waals surface area contributed by atoms with E-state index in [4.69, 9.17) is 14.5 Å². The Hall–Kier alpha value is -1.99. The number of nitrogens with zero attached hydrogens (tertiary/aromatic N) is 4. The fourth-order valence-electron chi connectivity index (χ4n) is 3.71. The van der Waals surface area contributed by atoms with Gasteiger partial charge in [0.05, 0.1) is 20.3 Å². The molecule has 156 valence electrons. The molecule has 0 atom stereocenters. The summed E-state index contributed by atoms with van der Waals surface area (Å²) in [6, 6.07) is 8.32. The standard InChI is InChI=1S/C21H35N5O2/c1-3-22-21(23-8-5-9-24-14-16-28-17-15-24)26-12-10-25(11-13-26)19-6-4-7-20(18-19)27-2/h4,6-7,18H,3,5,8-17H2,1-2H3,(H,22,23). The maximum atomic E-state index is 5.41. The molecule has 1 aromatic carbocycles. The summed E-state index contributed by atoms with van der Waals surface area (Å²) in [5.41, 5.74) is 1.23. The third kappa shape index (κ3) is 6.01. The second-order valence-electron chi connectivity index (χ2n) is 7.22. The van der Waals surface area contributed by atoms with Gasteiger partial charge in [0.25, 0.3) is 0 Å². The molecular weight excluding hydrogens is 354 g/mol. The van der Waals surface area contributed by atoms with Crippen molar-refractivity contribution in [3.8, 4) is 5.75 Å². The van der Waals surface area contributed by atoms with Crippen LogP contribution in [0.2, 0.25) is 0 Å². The lowest BCUT2D eigenvalue weighted by molar-refractivity contribution is 0.0377. The Labute approximate surface area is 169 Å². The number of guanidine groups is 1. The number of benzene rings is 1. The first kappa shape index (κ1) is 20.7. The van der Waals surface area contributed by atoms with E-state index in [9.17, 15) is 0 Å².